The molecule has 112 valence electrons. The Morgan fingerprint density at radius 1 is 1.41 bits per heavy atom. The number of aromatic nitrogens is 3. The average Bonchev–Trinajstić information content (AvgIpc) is 2.91. The minimum atomic E-state index is -0.464. The Morgan fingerprint density at radius 2 is 2.18 bits per heavy atom. The Labute approximate surface area is 127 Å². The van der Waals surface area contributed by atoms with Crippen molar-refractivity contribution in [3.05, 3.63) is 47.0 Å². The van der Waals surface area contributed by atoms with Gasteiger partial charge in [0, 0.05) is 24.2 Å². The first-order valence-electron chi connectivity index (χ1n) is 6.83. The van der Waals surface area contributed by atoms with E-state index in [4.69, 9.17) is 0 Å². The van der Waals surface area contributed by atoms with E-state index in [1.54, 1.807) is 26.1 Å². The van der Waals surface area contributed by atoms with E-state index in [1.807, 2.05) is 13.0 Å². The van der Waals surface area contributed by atoms with Crippen molar-refractivity contribution < 1.29 is 9.59 Å². The number of hydrogen-bond donors (Lipinski definition) is 1. The minimum Gasteiger partial charge on any atom is -0.325 e. The van der Waals surface area contributed by atoms with Crippen LogP contribution in [-0.4, -0.2) is 32.5 Å². The summed E-state index contributed by atoms with van der Waals surface area (Å²) in [4.78, 5) is 27.9. The van der Waals surface area contributed by atoms with Crippen LogP contribution in [0.5, 0.6) is 0 Å². The lowest BCUT2D eigenvalue weighted by atomic mass is 9.85. The number of aryl methyl sites for hydroxylation is 1. The molecule has 0 spiro atoms. The van der Waals surface area contributed by atoms with Crippen molar-refractivity contribution in [3.63, 3.8) is 0 Å². The summed E-state index contributed by atoms with van der Waals surface area (Å²) >= 11 is 0. The van der Waals surface area contributed by atoms with E-state index >= 15 is 0 Å². The van der Waals surface area contributed by atoms with Gasteiger partial charge in [-0.05, 0) is 26.0 Å². The molecular formula is C15H15N5O2. The predicted molar refractivity (Wildman–Crippen MR) is 80.0 cm³/mol. The molecule has 7 nitrogen and oxygen atoms in total. The molecule has 0 aromatic carbocycles. The Balaban J connectivity index is 1.89. The Morgan fingerprint density at radius 3 is 2.86 bits per heavy atom. The van der Waals surface area contributed by atoms with E-state index in [9.17, 15) is 9.59 Å². The van der Waals surface area contributed by atoms with Gasteiger partial charge in [-0.2, -0.15) is 0 Å². The molecule has 2 heterocycles. The van der Waals surface area contributed by atoms with Gasteiger partial charge in [0.2, 0.25) is 0 Å². The zero-order chi connectivity index (χ0) is 15.9. The number of allylic oxidation sites excluding steroid dienone is 3. The zero-order valence-corrected chi connectivity index (χ0v) is 12.5. The van der Waals surface area contributed by atoms with Crippen LogP contribution >= 0.6 is 0 Å². The van der Waals surface area contributed by atoms with Gasteiger partial charge in [0.05, 0.1) is 11.9 Å². The van der Waals surface area contributed by atoms with Crippen LogP contribution in [0.1, 0.15) is 24.3 Å². The van der Waals surface area contributed by atoms with Crippen LogP contribution in [0.25, 0.3) is 0 Å². The highest BCUT2D eigenvalue weighted by atomic mass is 16.2. The number of amides is 2. The number of nitrogens with zero attached hydrogens (tertiary/aromatic N) is 4. The molecule has 1 aliphatic heterocycles. The number of carbonyl (C=O) groups is 2. The van der Waals surface area contributed by atoms with Gasteiger partial charge in [-0.1, -0.05) is 16.9 Å². The van der Waals surface area contributed by atoms with Crippen molar-refractivity contribution in [2.75, 3.05) is 0 Å². The second-order valence-electron chi connectivity index (χ2n) is 5.32. The van der Waals surface area contributed by atoms with Crippen molar-refractivity contribution in [2.45, 2.75) is 13.8 Å². The van der Waals surface area contributed by atoms with Crippen molar-refractivity contribution >= 4 is 17.5 Å². The minimum absolute atomic E-state index is 0.0308. The van der Waals surface area contributed by atoms with Crippen LogP contribution in [0.15, 0.2) is 46.3 Å². The maximum Gasteiger partial charge on any atom is 0.299 e. The number of hydrogen-bond acceptors (Lipinski definition) is 4. The topological polar surface area (TPSA) is 89.2 Å². The van der Waals surface area contributed by atoms with E-state index in [1.165, 1.54) is 10.9 Å². The van der Waals surface area contributed by atoms with Crippen LogP contribution in [0.2, 0.25) is 0 Å². The molecule has 1 unspecified atom stereocenters. The SMILES string of the molecule is CC1=C(C)C2C=CC(=NC(=O)c3cn(C)nn3)C=C2NC1=O. The molecule has 1 N–H and O–H groups in total. The first-order valence-corrected chi connectivity index (χ1v) is 6.83. The third-order valence-corrected chi connectivity index (χ3v) is 3.81. The van der Waals surface area contributed by atoms with Crippen molar-refractivity contribution in [1.29, 1.82) is 0 Å². The van der Waals surface area contributed by atoms with Crippen molar-refractivity contribution in [1.82, 2.24) is 20.3 Å². The standard InChI is InChI=1S/C15H15N5O2/c1-8-9(2)14(21)17-12-6-10(4-5-11(8)12)16-15(22)13-7-20(3)19-18-13/h4-7,11H,1-3H3,(H,17,21). The van der Waals surface area contributed by atoms with Gasteiger partial charge in [0.15, 0.2) is 5.69 Å². The van der Waals surface area contributed by atoms with E-state index in [2.05, 4.69) is 20.6 Å². The first-order chi connectivity index (χ1) is 10.5. The highest BCUT2D eigenvalue weighted by molar-refractivity contribution is 6.13. The summed E-state index contributed by atoms with van der Waals surface area (Å²) in [6.45, 7) is 3.74. The van der Waals surface area contributed by atoms with Crippen molar-refractivity contribution in [2.24, 2.45) is 18.0 Å². The lowest BCUT2D eigenvalue weighted by Crippen LogP contribution is -2.35. The fourth-order valence-electron chi connectivity index (χ4n) is 2.41. The lowest BCUT2D eigenvalue weighted by molar-refractivity contribution is -0.117. The summed E-state index contributed by atoms with van der Waals surface area (Å²) in [6.07, 6.45) is 6.92. The van der Waals surface area contributed by atoms with Gasteiger partial charge in [-0.25, -0.2) is 4.99 Å². The molecule has 2 amide bonds. The van der Waals surface area contributed by atoms with Gasteiger partial charge in [0.25, 0.3) is 11.8 Å². The third kappa shape index (κ3) is 2.41. The largest absolute Gasteiger partial charge is 0.325 e. The summed E-state index contributed by atoms with van der Waals surface area (Å²) < 4.78 is 1.44. The number of fused-ring (bicyclic) bond motifs is 1. The summed E-state index contributed by atoms with van der Waals surface area (Å²) in [5, 5.41) is 10.3. The monoisotopic (exact) mass is 297 g/mol. The zero-order valence-electron chi connectivity index (χ0n) is 12.5. The second kappa shape index (κ2) is 5.18. The van der Waals surface area contributed by atoms with Crippen LogP contribution < -0.4 is 5.32 Å². The van der Waals surface area contributed by atoms with Gasteiger partial charge in [-0.15, -0.1) is 5.10 Å². The smallest absolute Gasteiger partial charge is 0.299 e. The number of aliphatic imine (C=N–C) groups is 1. The number of nitrogens with one attached hydrogen (secondary N) is 1. The maximum absolute atomic E-state index is 12.0. The summed E-state index contributed by atoms with van der Waals surface area (Å²) in [7, 11) is 1.68. The lowest BCUT2D eigenvalue weighted by Gasteiger charge is -2.28. The van der Waals surface area contributed by atoms with Gasteiger partial charge < -0.3 is 5.32 Å². The molecule has 0 fully saturated rings. The van der Waals surface area contributed by atoms with Crippen LogP contribution in [-0.2, 0) is 11.8 Å². The van der Waals surface area contributed by atoms with Gasteiger partial charge >= 0.3 is 0 Å². The third-order valence-electron chi connectivity index (χ3n) is 3.81. The summed E-state index contributed by atoms with van der Waals surface area (Å²) in [5.41, 5.74) is 3.13. The predicted octanol–water partition coefficient (Wildman–Crippen LogP) is 0.932. The van der Waals surface area contributed by atoms with E-state index in [0.717, 1.165) is 16.8 Å². The second-order valence-corrected chi connectivity index (χ2v) is 5.32. The van der Waals surface area contributed by atoms with E-state index in [-0.39, 0.29) is 17.5 Å². The molecule has 1 atom stereocenters. The Bertz CT molecular complexity index is 795. The van der Waals surface area contributed by atoms with Crippen LogP contribution in [0, 0.1) is 5.92 Å². The Kier molecular flexibility index (Phi) is 3.32. The molecule has 22 heavy (non-hydrogen) atoms. The molecule has 3 rings (SSSR count). The van der Waals surface area contributed by atoms with E-state index < -0.39 is 5.91 Å². The molecule has 1 aromatic rings. The molecule has 7 heteroatoms. The molecule has 0 saturated heterocycles. The van der Waals surface area contributed by atoms with E-state index in [0.29, 0.717) is 5.71 Å². The number of rotatable bonds is 1. The highest BCUT2D eigenvalue weighted by Gasteiger charge is 2.27. The fraction of sp³-hybridized carbons (Fsp3) is 0.267. The Hall–Kier alpha value is -2.83. The molecular weight excluding hydrogens is 282 g/mol. The molecule has 1 aliphatic carbocycles. The van der Waals surface area contributed by atoms with Crippen molar-refractivity contribution in [3.8, 4) is 0 Å². The molecule has 0 bridgehead atoms. The summed E-state index contributed by atoms with van der Waals surface area (Å²) in [5.74, 6) is -0.549. The first kappa shape index (κ1) is 14.1. The van der Waals surface area contributed by atoms with Gasteiger partial charge in [0.1, 0.15) is 0 Å². The maximum atomic E-state index is 12.0. The fourth-order valence-corrected chi connectivity index (χ4v) is 2.41. The molecule has 2 aliphatic rings. The molecule has 0 saturated carbocycles. The van der Waals surface area contributed by atoms with Crippen LogP contribution in [0.4, 0.5) is 0 Å². The highest BCUT2D eigenvalue weighted by Crippen LogP contribution is 2.29. The quantitative estimate of drug-likeness (QED) is 0.835. The molecule has 1 aromatic heterocycles. The van der Waals surface area contributed by atoms with Crippen LogP contribution in [0.3, 0.4) is 0 Å². The summed E-state index contributed by atoms with van der Waals surface area (Å²) in [6, 6.07) is 0. The molecule has 0 radical (unpaired) electrons. The number of carbonyl (C=O) groups excluding carboxylic acids is 2. The van der Waals surface area contributed by atoms with Gasteiger partial charge in [-0.3, -0.25) is 14.3 Å². The normalized spacial score (nSPS) is 22.5. The average molecular weight is 297 g/mol.